The normalized spacial score (nSPS) is 8.10. The van der Waals surface area contributed by atoms with E-state index in [9.17, 15) is 4.79 Å². The fourth-order valence-corrected chi connectivity index (χ4v) is 0.573. The molecule has 0 fully saturated rings. The minimum absolute atomic E-state index is 0.582. The summed E-state index contributed by atoms with van der Waals surface area (Å²) in [6, 6.07) is 0. The van der Waals surface area contributed by atoms with Crippen LogP contribution in [0.1, 0.15) is 39.0 Å². The number of hydrogen-bond donors (Lipinski definition) is 0. The molecule has 56 valence electrons. The van der Waals surface area contributed by atoms with E-state index in [2.05, 4.69) is 18.8 Å². The molecule has 0 aliphatic rings. The lowest BCUT2D eigenvalue weighted by molar-refractivity contribution is -0.107. The van der Waals surface area contributed by atoms with Crippen molar-refractivity contribution in [3.8, 4) is 11.8 Å². The summed E-state index contributed by atoms with van der Waals surface area (Å²) in [5, 5.41) is 0. The number of rotatable bonds is 4. The van der Waals surface area contributed by atoms with Gasteiger partial charge < -0.3 is 4.79 Å². The van der Waals surface area contributed by atoms with E-state index in [-0.39, 0.29) is 0 Å². The summed E-state index contributed by atoms with van der Waals surface area (Å²) < 4.78 is 0. The third-order valence-corrected chi connectivity index (χ3v) is 1.17. The van der Waals surface area contributed by atoms with E-state index in [1.54, 1.807) is 0 Å². The van der Waals surface area contributed by atoms with Crippen molar-refractivity contribution >= 4 is 6.29 Å². The number of hydrogen-bond acceptors (Lipinski definition) is 1. The standard InChI is InChI=1S/C9H14O/c1-2-3-4-5-6-7-8-9-10/h9H,2-4,7-8H2,1H3. The molecule has 0 rings (SSSR count). The summed E-state index contributed by atoms with van der Waals surface area (Å²) in [4.78, 5) is 9.83. The lowest BCUT2D eigenvalue weighted by Crippen LogP contribution is -1.71. The average Bonchev–Trinajstić information content (AvgIpc) is 1.97. The van der Waals surface area contributed by atoms with Crippen molar-refractivity contribution in [1.82, 2.24) is 0 Å². The third-order valence-electron chi connectivity index (χ3n) is 1.17. The largest absolute Gasteiger partial charge is 0.303 e. The van der Waals surface area contributed by atoms with Gasteiger partial charge >= 0.3 is 0 Å². The molecule has 0 atom stereocenters. The SMILES string of the molecule is CCCCC#CCCC=O. The van der Waals surface area contributed by atoms with Gasteiger partial charge in [0.1, 0.15) is 6.29 Å². The highest BCUT2D eigenvalue weighted by molar-refractivity contribution is 5.49. The van der Waals surface area contributed by atoms with Gasteiger partial charge in [0.05, 0.1) is 0 Å². The molecule has 0 heterocycles. The maximum Gasteiger partial charge on any atom is 0.120 e. The second-order valence-corrected chi connectivity index (χ2v) is 2.16. The summed E-state index contributed by atoms with van der Waals surface area (Å²) in [5.41, 5.74) is 0. The lowest BCUT2D eigenvalue weighted by atomic mass is 10.2. The van der Waals surface area contributed by atoms with Crippen LogP contribution >= 0.6 is 0 Å². The van der Waals surface area contributed by atoms with Crippen molar-refractivity contribution in [1.29, 1.82) is 0 Å². The second kappa shape index (κ2) is 8.23. The van der Waals surface area contributed by atoms with Gasteiger partial charge in [-0.15, -0.1) is 11.8 Å². The predicted octanol–water partition coefficient (Wildman–Crippen LogP) is 2.16. The Bertz CT molecular complexity index is 127. The van der Waals surface area contributed by atoms with E-state index in [1.165, 1.54) is 12.8 Å². The maximum absolute atomic E-state index is 9.83. The molecule has 0 unspecified atom stereocenters. The zero-order chi connectivity index (χ0) is 7.66. The average molecular weight is 138 g/mol. The molecule has 0 aromatic carbocycles. The van der Waals surface area contributed by atoms with Crippen LogP contribution in [-0.2, 0) is 4.79 Å². The summed E-state index contributed by atoms with van der Waals surface area (Å²) >= 11 is 0. The Balaban J connectivity index is 3.06. The molecular weight excluding hydrogens is 124 g/mol. The molecule has 0 spiro atoms. The Labute approximate surface area is 62.8 Å². The molecule has 0 saturated carbocycles. The zero-order valence-corrected chi connectivity index (χ0v) is 6.52. The highest BCUT2D eigenvalue weighted by Crippen LogP contribution is 1.91. The van der Waals surface area contributed by atoms with Crippen molar-refractivity contribution in [3.05, 3.63) is 0 Å². The van der Waals surface area contributed by atoms with E-state index < -0.39 is 0 Å². The van der Waals surface area contributed by atoms with Crippen molar-refractivity contribution in [2.24, 2.45) is 0 Å². The van der Waals surface area contributed by atoms with Crippen molar-refractivity contribution in [2.45, 2.75) is 39.0 Å². The summed E-state index contributed by atoms with van der Waals surface area (Å²) in [7, 11) is 0. The summed E-state index contributed by atoms with van der Waals surface area (Å²) in [5.74, 6) is 5.95. The number of carbonyl (C=O) groups is 1. The topological polar surface area (TPSA) is 17.1 Å². The Kier molecular flexibility index (Phi) is 7.60. The quantitative estimate of drug-likeness (QED) is 0.330. The molecule has 0 aromatic heterocycles. The van der Waals surface area contributed by atoms with Gasteiger partial charge in [0, 0.05) is 19.3 Å². The van der Waals surface area contributed by atoms with Crippen LogP contribution < -0.4 is 0 Å². The monoisotopic (exact) mass is 138 g/mol. The first-order valence-electron chi connectivity index (χ1n) is 3.81. The Morgan fingerprint density at radius 2 is 2.00 bits per heavy atom. The molecule has 0 saturated heterocycles. The molecular formula is C9H14O. The van der Waals surface area contributed by atoms with Crippen LogP contribution in [0.4, 0.5) is 0 Å². The fourth-order valence-electron chi connectivity index (χ4n) is 0.573. The van der Waals surface area contributed by atoms with E-state index in [0.717, 1.165) is 19.1 Å². The van der Waals surface area contributed by atoms with Gasteiger partial charge in [0.15, 0.2) is 0 Å². The summed E-state index contributed by atoms with van der Waals surface area (Å²) in [6.07, 6.45) is 5.58. The minimum atomic E-state index is 0.582. The van der Waals surface area contributed by atoms with E-state index in [0.29, 0.717) is 6.42 Å². The van der Waals surface area contributed by atoms with Crippen molar-refractivity contribution in [3.63, 3.8) is 0 Å². The van der Waals surface area contributed by atoms with Gasteiger partial charge in [-0.05, 0) is 6.42 Å². The molecule has 1 heteroatoms. The Morgan fingerprint density at radius 1 is 1.30 bits per heavy atom. The molecule has 1 nitrogen and oxygen atoms in total. The second-order valence-electron chi connectivity index (χ2n) is 2.16. The predicted molar refractivity (Wildman–Crippen MR) is 42.6 cm³/mol. The van der Waals surface area contributed by atoms with E-state index in [4.69, 9.17) is 0 Å². The highest BCUT2D eigenvalue weighted by atomic mass is 16.1. The first kappa shape index (κ1) is 9.23. The van der Waals surface area contributed by atoms with Gasteiger partial charge in [-0.3, -0.25) is 0 Å². The highest BCUT2D eigenvalue weighted by Gasteiger charge is 1.77. The van der Waals surface area contributed by atoms with Crippen LogP contribution in [0.15, 0.2) is 0 Å². The molecule has 0 aliphatic carbocycles. The van der Waals surface area contributed by atoms with Gasteiger partial charge in [-0.1, -0.05) is 13.3 Å². The van der Waals surface area contributed by atoms with Crippen LogP contribution in [0.5, 0.6) is 0 Å². The van der Waals surface area contributed by atoms with Gasteiger partial charge in [0.25, 0.3) is 0 Å². The number of aldehydes is 1. The molecule has 0 aromatic rings. The zero-order valence-electron chi connectivity index (χ0n) is 6.52. The van der Waals surface area contributed by atoms with Crippen LogP contribution in [0.2, 0.25) is 0 Å². The smallest absolute Gasteiger partial charge is 0.120 e. The first-order chi connectivity index (χ1) is 4.91. The molecule has 0 amide bonds. The third kappa shape index (κ3) is 7.23. The van der Waals surface area contributed by atoms with Crippen LogP contribution in [0.3, 0.4) is 0 Å². The van der Waals surface area contributed by atoms with Gasteiger partial charge in [-0.2, -0.15) is 0 Å². The summed E-state index contributed by atoms with van der Waals surface area (Å²) in [6.45, 7) is 2.15. The molecule has 0 radical (unpaired) electrons. The molecule has 10 heavy (non-hydrogen) atoms. The van der Waals surface area contributed by atoms with Crippen LogP contribution in [0, 0.1) is 11.8 Å². The minimum Gasteiger partial charge on any atom is -0.303 e. The lowest BCUT2D eigenvalue weighted by Gasteiger charge is -1.82. The number of unbranched alkanes of at least 4 members (excludes halogenated alkanes) is 3. The van der Waals surface area contributed by atoms with E-state index >= 15 is 0 Å². The Morgan fingerprint density at radius 3 is 2.60 bits per heavy atom. The van der Waals surface area contributed by atoms with Gasteiger partial charge in [0.2, 0.25) is 0 Å². The number of carbonyl (C=O) groups excluding carboxylic acids is 1. The molecule has 0 N–H and O–H groups in total. The maximum atomic E-state index is 9.83. The fraction of sp³-hybridized carbons (Fsp3) is 0.667. The Hall–Kier alpha value is -0.770. The van der Waals surface area contributed by atoms with Gasteiger partial charge in [-0.25, -0.2) is 0 Å². The molecule has 0 bridgehead atoms. The van der Waals surface area contributed by atoms with E-state index in [1.807, 2.05) is 0 Å². The molecule has 0 aliphatic heterocycles. The first-order valence-corrected chi connectivity index (χ1v) is 3.81. The van der Waals surface area contributed by atoms with Crippen LogP contribution in [0.25, 0.3) is 0 Å². The van der Waals surface area contributed by atoms with Crippen molar-refractivity contribution in [2.75, 3.05) is 0 Å². The van der Waals surface area contributed by atoms with Crippen molar-refractivity contribution < 1.29 is 4.79 Å². The van der Waals surface area contributed by atoms with Crippen LogP contribution in [-0.4, -0.2) is 6.29 Å².